The Labute approximate surface area is 126 Å². The quantitative estimate of drug-likeness (QED) is 0.625. The minimum absolute atomic E-state index is 0.0550. The Hall–Kier alpha value is -0.810. The zero-order chi connectivity index (χ0) is 15.3. The first-order valence-corrected chi connectivity index (χ1v) is 8.18. The van der Waals surface area contributed by atoms with Crippen molar-refractivity contribution < 1.29 is 0 Å². The molecule has 1 aromatic rings. The highest BCUT2D eigenvalue weighted by Gasteiger charge is 2.31. The Kier molecular flexibility index (Phi) is 6.27. The van der Waals surface area contributed by atoms with Gasteiger partial charge in [0.25, 0.3) is 5.56 Å². The van der Waals surface area contributed by atoms with E-state index in [1.54, 1.807) is 17.8 Å². The lowest BCUT2D eigenvalue weighted by Gasteiger charge is -2.33. The lowest BCUT2D eigenvalue weighted by molar-refractivity contribution is 0.349. The summed E-state index contributed by atoms with van der Waals surface area (Å²) in [7, 11) is 0. The van der Waals surface area contributed by atoms with Gasteiger partial charge in [0.05, 0.1) is 0 Å². The Balaban J connectivity index is 3.02. The van der Waals surface area contributed by atoms with Gasteiger partial charge in [-0.2, -0.15) is 0 Å². The molecule has 0 radical (unpaired) electrons. The molecule has 0 saturated heterocycles. The molecule has 1 heterocycles. The number of nitrogens with two attached hydrogens (primary N) is 1. The number of rotatable bonds is 6. The number of thioether (sulfide) groups is 1. The van der Waals surface area contributed by atoms with Crippen molar-refractivity contribution in [1.82, 2.24) is 9.97 Å². The number of nitrogens with zero attached hydrogens (tertiary/aromatic N) is 1. The average molecular weight is 297 g/mol. The second kappa shape index (κ2) is 7.27. The van der Waals surface area contributed by atoms with E-state index in [9.17, 15) is 4.79 Å². The van der Waals surface area contributed by atoms with Crippen LogP contribution in [0.4, 0.5) is 0 Å². The third-order valence-electron chi connectivity index (χ3n) is 3.23. The molecule has 114 valence electrons. The van der Waals surface area contributed by atoms with Crippen LogP contribution < -0.4 is 11.3 Å². The maximum Gasteiger partial charge on any atom is 0.251 e. The summed E-state index contributed by atoms with van der Waals surface area (Å²) in [6.45, 7) is 10.7. The van der Waals surface area contributed by atoms with Crippen LogP contribution in [-0.4, -0.2) is 21.3 Å². The molecule has 0 fully saturated rings. The van der Waals surface area contributed by atoms with Crippen LogP contribution in [0.1, 0.15) is 53.2 Å². The summed E-state index contributed by atoms with van der Waals surface area (Å²) in [5, 5.41) is 0.900. The lowest BCUT2D eigenvalue weighted by Crippen LogP contribution is -2.41. The zero-order valence-electron chi connectivity index (χ0n) is 13.2. The minimum atomic E-state index is -0.0799. The summed E-state index contributed by atoms with van der Waals surface area (Å²) in [5.41, 5.74) is 7.08. The molecule has 2 atom stereocenters. The molecule has 0 aromatic carbocycles. The molecular formula is C15H27N3OS. The number of aromatic nitrogens is 2. The van der Waals surface area contributed by atoms with Crippen molar-refractivity contribution in [1.29, 1.82) is 0 Å². The third kappa shape index (κ3) is 4.94. The van der Waals surface area contributed by atoms with Crippen molar-refractivity contribution >= 4 is 11.8 Å². The highest BCUT2D eigenvalue weighted by molar-refractivity contribution is 7.99. The summed E-state index contributed by atoms with van der Waals surface area (Å²) >= 11 is 1.59. The number of H-pyrrole nitrogens is 1. The Bertz CT molecular complexity index is 479. The molecule has 0 saturated carbocycles. The smallest absolute Gasteiger partial charge is 0.251 e. The number of nitrogens with one attached hydrogen (secondary N) is 1. The van der Waals surface area contributed by atoms with E-state index in [0.29, 0.717) is 5.16 Å². The second-order valence-electron chi connectivity index (χ2n) is 6.27. The normalized spacial score (nSPS) is 15.1. The van der Waals surface area contributed by atoms with Gasteiger partial charge in [-0.05, 0) is 18.3 Å². The maximum atomic E-state index is 11.7. The van der Waals surface area contributed by atoms with Crippen molar-refractivity contribution in [3.63, 3.8) is 0 Å². The minimum Gasteiger partial charge on any atom is -0.327 e. The van der Waals surface area contributed by atoms with Gasteiger partial charge in [0.2, 0.25) is 0 Å². The van der Waals surface area contributed by atoms with E-state index in [0.717, 1.165) is 25.0 Å². The fraction of sp³-hybridized carbons (Fsp3) is 0.733. The molecule has 5 heteroatoms. The molecule has 0 amide bonds. The van der Waals surface area contributed by atoms with Gasteiger partial charge in [-0.3, -0.25) is 4.79 Å². The van der Waals surface area contributed by atoms with Gasteiger partial charge in [-0.25, -0.2) is 4.98 Å². The van der Waals surface area contributed by atoms with Crippen LogP contribution >= 0.6 is 11.8 Å². The Morgan fingerprint density at radius 2 is 2.05 bits per heavy atom. The monoisotopic (exact) mass is 297 g/mol. The van der Waals surface area contributed by atoms with Crippen LogP contribution in [0.15, 0.2) is 16.0 Å². The summed E-state index contributed by atoms with van der Waals surface area (Å²) in [6, 6.07) is 1.67. The molecular weight excluding hydrogens is 270 g/mol. The lowest BCUT2D eigenvalue weighted by atomic mass is 9.87. The van der Waals surface area contributed by atoms with Crippen LogP contribution in [0.25, 0.3) is 0 Å². The fourth-order valence-electron chi connectivity index (χ4n) is 2.16. The van der Waals surface area contributed by atoms with Crippen molar-refractivity contribution in [3.8, 4) is 0 Å². The molecule has 20 heavy (non-hydrogen) atoms. The van der Waals surface area contributed by atoms with Crippen LogP contribution in [0, 0.1) is 5.41 Å². The van der Waals surface area contributed by atoms with E-state index >= 15 is 0 Å². The van der Waals surface area contributed by atoms with Crippen LogP contribution in [0.5, 0.6) is 0 Å². The third-order valence-corrected chi connectivity index (χ3v) is 4.96. The van der Waals surface area contributed by atoms with E-state index in [1.165, 1.54) is 0 Å². The topological polar surface area (TPSA) is 71.8 Å². The Morgan fingerprint density at radius 1 is 1.40 bits per heavy atom. The molecule has 4 nitrogen and oxygen atoms in total. The van der Waals surface area contributed by atoms with Crippen LogP contribution in [-0.2, 0) is 6.42 Å². The van der Waals surface area contributed by atoms with Gasteiger partial charge < -0.3 is 10.7 Å². The highest BCUT2D eigenvalue weighted by atomic mass is 32.2. The largest absolute Gasteiger partial charge is 0.327 e. The van der Waals surface area contributed by atoms with Crippen LogP contribution in [0.2, 0.25) is 0 Å². The maximum absolute atomic E-state index is 11.7. The van der Waals surface area contributed by atoms with E-state index in [2.05, 4.69) is 44.6 Å². The Morgan fingerprint density at radius 3 is 2.55 bits per heavy atom. The molecule has 1 rings (SSSR count). The summed E-state index contributed by atoms with van der Waals surface area (Å²) in [6.07, 6.45) is 2.73. The van der Waals surface area contributed by atoms with Crippen molar-refractivity contribution in [2.45, 2.75) is 70.3 Å². The van der Waals surface area contributed by atoms with Gasteiger partial charge in [0.1, 0.15) is 0 Å². The zero-order valence-corrected chi connectivity index (χ0v) is 14.0. The van der Waals surface area contributed by atoms with E-state index in [1.807, 2.05) is 0 Å². The molecule has 0 spiro atoms. The standard InChI is InChI=1S/C15H27N3OS/c1-6-8-10-9-12(19)18-14(17-10)20-13(11(16)7-2)15(3,4)5/h9,11,13H,6-8,16H2,1-5H3,(H,17,18,19). The number of hydrogen-bond acceptors (Lipinski definition) is 4. The SMILES string of the molecule is CCCc1cc(=O)[nH]c(SC(C(N)CC)C(C)(C)C)n1. The van der Waals surface area contributed by atoms with Crippen LogP contribution in [0.3, 0.4) is 0 Å². The predicted molar refractivity (Wildman–Crippen MR) is 86.2 cm³/mol. The number of hydrogen-bond donors (Lipinski definition) is 2. The highest BCUT2D eigenvalue weighted by Crippen LogP contribution is 2.36. The van der Waals surface area contributed by atoms with E-state index in [4.69, 9.17) is 5.73 Å². The molecule has 0 aliphatic heterocycles. The fourth-order valence-corrected chi connectivity index (χ4v) is 3.46. The average Bonchev–Trinajstić information content (AvgIpc) is 2.33. The van der Waals surface area contributed by atoms with Gasteiger partial charge >= 0.3 is 0 Å². The first kappa shape index (κ1) is 17.2. The van der Waals surface area contributed by atoms with Gasteiger partial charge in [0, 0.05) is 23.1 Å². The predicted octanol–water partition coefficient (Wildman–Crippen LogP) is 2.97. The van der Waals surface area contributed by atoms with Gasteiger partial charge in [-0.15, -0.1) is 0 Å². The summed E-state index contributed by atoms with van der Waals surface area (Å²) < 4.78 is 0. The summed E-state index contributed by atoms with van der Waals surface area (Å²) in [5.74, 6) is 0. The summed E-state index contributed by atoms with van der Waals surface area (Å²) in [4.78, 5) is 19.1. The number of aromatic amines is 1. The second-order valence-corrected chi connectivity index (χ2v) is 7.40. The molecule has 0 aliphatic carbocycles. The molecule has 0 aliphatic rings. The molecule has 2 unspecified atom stereocenters. The first-order valence-electron chi connectivity index (χ1n) is 7.30. The number of aryl methyl sites for hydroxylation is 1. The van der Waals surface area contributed by atoms with Crippen molar-refractivity contribution in [3.05, 3.63) is 22.1 Å². The van der Waals surface area contributed by atoms with Crippen molar-refractivity contribution in [2.24, 2.45) is 11.1 Å². The molecule has 0 bridgehead atoms. The van der Waals surface area contributed by atoms with E-state index < -0.39 is 0 Å². The van der Waals surface area contributed by atoms with Gasteiger partial charge in [0.15, 0.2) is 5.16 Å². The van der Waals surface area contributed by atoms with Crippen molar-refractivity contribution in [2.75, 3.05) is 0 Å². The molecule has 1 aromatic heterocycles. The van der Waals surface area contributed by atoms with Gasteiger partial charge in [-0.1, -0.05) is 52.8 Å². The molecule has 3 N–H and O–H groups in total. The first-order chi connectivity index (χ1) is 9.27. The van der Waals surface area contributed by atoms with E-state index in [-0.39, 0.29) is 22.3 Å².